The highest BCUT2D eigenvalue weighted by Crippen LogP contribution is 2.49. The van der Waals surface area contributed by atoms with Gasteiger partial charge in [0.1, 0.15) is 10.8 Å². The number of halogens is 1. The molecule has 4 heteroatoms. The van der Waals surface area contributed by atoms with Crippen LogP contribution in [-0.2, 0) is 0 Å². The van der Waals surface area contributed by atoms with Gasteiger partial charge in [-0.2, -0.15) is 0 Å². The van der Waals surface area contributed by atoms with Crippen molar-refractivity contribution in [1.29, 1.82) is 0 Å². The molecule has 0 unspecified atom stereocenters. The normalized spacial score (nSPS) is 18.6. The van der Waals surface area contributed by atoms with Crippen LogP contribution in [-0.4, -0.2) is 11.5 Å². The minimum atomic E-state index is -0.297. The third kappa shape index (κ3) is 3.06. The summed E-state index contributed by atoms with van der Waals surface area (Å²) in [7, 11) is 0. The Hall–Kier alpha value is -1.16. The molecular weight excluding hydrogens is 259 g/mol. The van der Waals surface area contributed by atoms with Crippen LogP contribution >= 0.6 is 12.2 Å². The Kier molecular flexibility index (Phi) is 3.44. The molecule has 0 amide bonds. The van der Waals surface area contributed by atoms with Gasteiger partial charge in [0.15, 0.2) is 0 Å². The van der Waals surface area contributed by atoms with Crippen LogP contribution < -0.4 is 11.1 Å². The van der Waals surface area contributed by atoms with E-state index in [9.17, 15) is 4.39 Å². The molecule has 0 saturated heterocycles. The van der Waals surface area contributed by atoms with Crippen LogP contribution in [0.3, 0.4) is 0 Å². The average Bonchev–Trinajstić information content (AvgIpc) is 3.25. The van der Waals surface area contributed by atoms with Gasteiger partial charge in [0, 0.05) is 17.8 Å². The Morgan fingerprint density at radius 3 is 2.47 bits per heavy atom. The molecule has 1 aromatic carbocycles. The third-order valence-corrected chi connectivity index (χ3v) is 4.45. The van der Waals surface area contributed by atoms with Crippen molar-refractivity contribution in [3.63, 3.8) is 0 Å². The van der Waals surface area contributed by atoms with Crippen molar-refractivity contribution in [2.24, 2.45) is 23.5 Å². The summed E-state index contributed by atoms with van der Waals surface area (Å²) in [5.74, 6) is 2.26. The Balaban J connectivity index is 1.70. The molecule has 102 valence electrons. The first kappa shape index (κ1) is 12.9. The summed E-state index contributed by atoms with van der Waals surface area (Å²) in [5, 5.41) is 3.43. The zero-order valence-corrected chi connectivity index (χ0v) is 11.7. The minimum absolute atomic E-state index is 0.247. The summed E-state index contributed by atoms with van der Waals surface area (Å²) in [5.41, 5.74) is 7.13. The van der Waals surface area contributed by atoms with E-state index in [-0.39, 0.29) is 10.8 Å². The van der Waals surface area contributed by atoms with E-state index in [1.165, 1.54) is 37.8 Å². The van der Waals surface area contributed by atoms with Gasteiger partial charge in [-0.25, -0.2) is 4.39 Å². The molecule has 0 aromatic heterocycles. The van der Waals surface area contributed by atoms with Crippen LogP contribution in [0.1, 0.15) is 31.2 Å². The highest BCUT2D eigenvalue weighted by molar-refractivity contribution is 7.80. The Morgan fingerprint density at radius 1 is 1.32 bits per heavy atom. The number of hydrogen-bond acceptors (Lipinski definition) is 2. The molecule has 2 nitrogen and oxygen atoms in total. The second-order valence-electron chi connectivity index (χ2n) is 5.77. The molecule has 3 rings (SSSR count). The molecule has 19 heavy (non-hydrogen) atoms. The van der Waals surface area contributed by atoms with E-state index in [0.717, 1.165) is 30.0 Å². The standard InChI is InChI=1S/C15H19FN2S/c16-11-5-6-14(12(7-11)15(17)19)18-8-13(9-1-2-9)10-3-4-10/h5-7,9-10,13,18H,1-4,8H2,(H2,17,19). The third-order valence-electron chi connectivity index (χ3n) is 4.23. The quantitative estimate of drug-likeness (QED) is 0.784. The smallest absolute Gasteiger partial charge is 0.124 e. The van der Waals surface area contributed by atoms with Crippen molar-refractivity contribution in [3.05, 3.63) is 29.6 Å². The number of thiocarbonyl (C=S) groups is 1. The summed E-state index contributed by atoms with van der Waals surface area (Å²) < 4.78 is 13.2. The van der Waals surface area contributed by atoms with E-state index in [4.69, 9.17) is 18.0 Å². The van der Waals surface area contributed by atoms with E-state index in [1.807, 2.05) is 0 Å². The first-order valence-corrected chi connectivity index (χ1v) is 7.39. The van der Waals surface area contributed by atoms with Gasteiger partial charge < -0.3 is 11.1 Å². The monoisotopic (exact) mass is 278 g/mol. The molecule has 0 bridgehead atoms. The molecular formula is C15H19FN2S. The number of nitrogens with two attached hydrogens (primary N) is 1. The summed E-state index contributed by atoms with van der Waals surface area (Å²) in [6.07, 6.45) is 5.48. The number of anilines is 1. The van der Waals surface area contributed by atoms with E-state index >= 15 is 0 Å². The molecule has 2 aliphatic carbocycles. The van der Waals surface area contributed by atoms with Crippen molar-refractivity contribution < 1.29 is 4.39 Å². The second kappa shape index (κ2) is 5.08. The van der Waals surface area contributed by atoms with E-state index in [1.54, 1.807) is 6.07 Å². The van der Waals surface area contributed by atoms with Crippen molar-refractivity contribution >= 4 is 22.9 Å². The fourth-order valence-electron chi connectivity index (χ4n) is 2.87. The molecule has 2 saturated carbocycles. The largest absolute Gasteiger partial charge is 0.389 e. The van der Waals surface area contributed by atoms with Crippen molar-refractivity contribution in [2.45, 2.75) is 25.7 Å². The van der Waals surface area contributed by atoms with Gasteiger partial charge in [-0.3, -0.25) is 0 Å². The molecule has 0 spiro atoms. The topological polar surface area (TPSA) is 38.0 Å². The Bertz CT molecular complexity index is 483. The predicted molar refractivity (Wildman–Crippen MR) is 79.7 cm³/mol. The predicted octanol–water partition coefficient (Wildman–Crippen LogP) is 3.31. The zero-order chi connectivity index (χ0) is 13.4. The number of nitrogens with one attached hydrogen (secondary N) is 1. The molecule has 2 aliphatic rings. The van der Waals surface area contributed by atoms with Crippen LogP contribution in [0.4, 0.5) is 10.1 Å². The lowest BCUT2D eigenvalue weighted by molar-refractivity contribution is 0.428. The lowest BCUT2D eigenvalue weighted by Gasteiger charge is -2.18. The van der Waals surface area contributed by atoms with Crippen LogP contribution in [0.25, 0.3) is 0 Å². The first-order valence-electron chi connectivity index (χ1n) is 6.98. The number of benzene rings is 1. The van der Waals surface area contributed by atoms with Gasteiger partial charge in [-0.15, -0.1) is 0 Å². The maximum absolute atomic E-state index is 13.2. The van der Waals surface area contributed by atoms with Crippen LogP contribution in [0.15, 0.2) is 18.2 Å². The molecule has 0 radical (unpaired) electrons. The number of rotatable bonds is 6. The number of hydrogen-bond donors (Lipinski definition) is 2. The fraction of sp³-hybridized carbons (Fsp3) is 0.533. The minimum Gasteiger partial charge on any atom is -0.389 e. The van der Waals surface area contributed by atoms with Gasteiger partial charge in [0.2, 0.25) is 0 Å². The van der Waals surface area contributed by atoms with Gasteiger partial charge >= 0.3 is 0 Å². The fourth-order valence-corrected chi connectivity index (χ4v) is 3.04. The molecule has 3 N–H and O–H groups in total. The van der Waals surface area contributed by atoms with Gasteiger partial charge in [-0.1, -0.05) is 12.2 Å². The SMILES string of the molecule is NC(=S)c1cc(F)ccc1NCC(C1CC1)C1CC1. The summed E-state index contributed by atoms with van der Waals surface area (Å²) in [4.78, 5) is 0.247. The lowest BCUT2D eigenvalue weighted by atomic mass is 9.97. The molecule has 0 aliphatic heterocycles. The van der Waals surface area contributed by atoms with Gasteiger partial charge in [0.25, 0.3) is 0 Å². The molecule has 1 aromatic rings. The molecule has 0 atom stereocenters. The van der Waals surface area contributed by atoms with E-state index in [2.05, 4.69) is 5.32 Å². The van der Waals surface area contributed by atoms with Crippen LogP contribution in [0.5, 0.6) is 0 Å². The first-order chi connectivity index (χ1) is 9.15. The van der Waals surface area contributed by atoms with Crippen molar-refractivity contribution in [1.82, 2.24) is 0 Å². The van der Waals surface area contributed by atoms with Crippen LogP contribution in [0.2, 0.25) is 0 Å². The lowest BCUT2D eigenvalue weighted by Crippen LogP contribution is -2.20. The van der Waals surface area contributed by atoms with Crippen molar-refractivity contribution in [3.8, 4) is 0 Å². The Morgan fingerprint density at radius 2 is 1.95 bits per heavy atom. The Labute approximate surface area is 118 Å². The zero-order valence-electron chi connectivity index (χ0n) is 10.9. The summed E-state index contributed by atoms with van der Waals surface area (Å²) in [6.45, 7) is 0.955. The van der Waals surface area contributed by atoms with Gasteiger partial charge in [-0.05, 0) is 61.6 Å². The maximum Gasteiger partial charge on any atom is 0.124 e. The molecule has 2 fully saturated rings. The van der Waals surface area contributed by atoms with Gasteiger partial charge in [0.05, 0.1) is 0 Å². The van der Waals surface area contributed by atoms with Crippen molar-refractivity contribution in [2.75, 3.05) is 11.9 Å². The van der Waals surface area contributed by atoms with E-state index in [0.29, 0.717) is 5.56 Å². The average molecular weight is 278 g/mol. The van der Waals surface area contributed by atoms with Crippen LogP contribution in [0, 0.1) is 23.6 Å². The van der Waals surface area contributed by atoms with E-state index < -0.39 is 0 Å². The summed E-state index contributed by atoms with van der Waals surface area (Å²) >= 11 is 4.99. The highest BCUT2D eigenvalue weighted by Gasteiger charge is 2.41. The maximum atomic E-state index is 13.2. The second-order valence-corrected chi connectivity index (χ2v) is 6.21. The molecule has 0 heterocycles. The highest BCUT2D eigenvalue weighted by atomic mass is 32.1. The summed E-state index contributed by atoms with van der Waals surface area (Å²) in [6, 6.07) is 4.60.